The molecule has 8 nitrogen and oxygen atoms in total. The maximum Gasteiger partial charge on any atom is 0.251 e. The summed E-state index contributed by atoms with van der Waals surface area (Å²) in [7, 11) is -3.65. The SMILES string of the molecule is O=C(NCCC(=O)N1CCCCCC1)c1ccc(S(=O)(=O)NCC2CCCO2)cc1. The summed E-state index contributed by atoms with van der Waals surface area (Å²) in [5, 5.41) is 2.74. The Morgan fingerprint density at radius 2 is 1.73 bits per heavy atom. The van der Waals surface area contributed by atoms with Gasteiger partial charge in [0.15, 0.2) is 0 Å². The maximum atomic E-state index is 12.4. The van der Waals surface area contributed by atoms with Gasteiger partial charge in [0.1, 0.15) is 0 Å². The topological polar surface area (TPSA) is 105 Å². The van der Waals surface area contributed by atoms with E-state index in [0.29, 0.717) is 12.2 Å². The van der Waals surface area contributed by atoms with Crippen molar-refractivity contribution in [2.45, 2.75) is 55.9 Å². The standard InChI is InChI=1S/C21H31N3O5S/c25-20(24-13-3-1-2-4-14-24)11-12-22-21(26)17-7-9-19(10-8-17)30(27,28)23-16-18-6-5-15-29-18/h7-10,18,23H,1-6,11-16H2,(H,22,26). The van der Waals surface area contributed by atoms with Crippen LogP contribution < -0.4 is 10.0 Å². The van der Waals surface area contributed by atoms with Gasteiger partial charge in [0.25, 0.3) is 5.91 Å². The molecule has 0 radical (unpaired) electrons. The monoisotopic (exact) mass is 437 g/mol. The highest BCUT2D eigenvalue weighted by Crippen LogP contribution is 2.14. The number of ether oxygens (including phenoxy) is 1. The number of likely N-dealkylation sites (tertiary alicyclic amines) is 1. The van der Waals surface area contributed by atoms with Crippen molar-refractivity contribution in [2.24, 2.45) is 0 Å². The summed E-state index contributed by atoms with van der Waals surface area (Å²) in [5.41, 5.74) is 0.357. The van der Waals surface area contributed by atoms with Crippen molar-refractivity contribution in [3.8, 4) is 0 Å². The van der Waals surface area contributed by atoms with Crippen molar-refractivity contribution in [1.29, 1.82) is 0 Å². The van der Waals surface area contributed by atoms with Crippen molar-refractivity contribution < 1.29 is 22.7 Å². The summed E-state index contributed by atoms with van der Waals surface area (Å²) < 4.78 is 32.7. The van der Waals surface area contributed by atoms with Gasteiger partial charge in [-0.15, -0.1) is 0 Å². The van der Waals surface area contributed by atoms with Gasteiger partial charge in [0.2, 0.25) is 15.9 Å². The summed E-state index contributed by atoms with van der Waals surface area (Å²) in [6.07, 6.45) is 6.38. The zero-order valence-electron chi connectivity index (χ0n) is 17.3. The Bertz CT molecular complexity index is 812. The first kappa shape index (κ1) is 22.7. The molecule has 2 aliphatic heterocycles. The normalized spacial score (nSPS) is 20.0. The number of benzene rings is 1. The van der Waals surface area contributed by atoms with Crippen LogP contribution in [0, 0.1) is 0 Å². The molecule has 30 heavy (non-hydrogen) atoms. The van der Waals surface area contributed by atoms with Crippen LogP contribution in [0.2, 0.25) is 0 Å². The number of hydrogen-bond acceptors (Lipinski definition) is 5. The lowest BCUT2D eigenvalue weighted by molar-refractivity contribution is -0.131. The van der Waals surface area contributed by atoms with E-state index in [0.717, 1.165) is 51.6 Å². The second kappa shape index (κ2) is 10.9. The van der Waals surface area contributed by atoms with E-state index < -0.39 is 10.0 Å². The van der Waals surface area contributed by atoms with E-state index in [9.17, 15) is 18.0 Å². The van der Waals surface area contributed by atoms with E-state index >= 15 is 0 Å². The van der Waals surface area contributed by atoms with Gasteiger partial charge < -0.3 is 15.0 Å². The van der Waals surface area contributed by atoms with Crippen LogP contribution in [0.3, 0.4) is 0 Å². The molecule has 0 aromatic heterocycles. The summed E-state index contributed by atoms with van der Waals surface area (Å²) in [6.45, 7) is 2.76. The van der Waals surface area contributed by atoms with Crippen LogP contribution in [0.5, 0.6) is 0 Å². The minimum Gasteiger partial charge on any atom is -0.377 e. The predicted molar refractivity (Wildman–Crippen MR) is 113 cm³/mol. The molecule has 0 bridgehead atoms. The first-order chi connectivity index (χ1) is 14.5. The van der Waals surface area contributed by atoms with Crippen LogP contribution in [0.15, 0.2) is 29.2 Å². The number of sulfonamides is 1. The fraction of sp³-hybridized carbons (Fsp3) is 0.619. The lowest BCUT2D eigenvalue weighted by Gasteiger charge is -2.20. The van der Waals surface area contributed by atoms with Crippen LogP contribution in [0.25, 0.3) is 0 Å². The average molecular weight is 438 g/mol. The van der Waals surface area contributed by atoms with Crippen molar-refractivity contribution >= 4 is 21.8 Å². The minimum absolute atomic E-state index is 0.0657. The highest BCUT2D eigenvalue weighted by atomic mass is 32.2. The number of rotatable bonds is 8. The van der Waals surface area contributed by atoms with Gasteiger partial charge >= 0.3 is 0 Å². The molecule has 1 unspecified atom stereocenters. The quantitative estimate of drug-likeness (QED) is 0.644. The van der Waals surface area contributed by atoms with Crippen LogP contribution in [-0.4, -0.2) is 64.0 Å². The van der Waals surface area contributed by atoms with Gasteiger partial charge in [0.05, 0.1) is 11.0 Å². The summed E-state index contributed by atoms with van der Waals surface area (Å²) >= 11 is 0. The molecule has 0 saturated carbocycles. The maximum absolute atomic E-state index is 12.4. The molecule has 2 aliphatic rings. The largest absolute Gasteiger partial charge is 0.377 e. The molecule has 2 heterocycles. The molecule has 3 rings (SSSR count). The Hall–Kier alpha value is -1.97. The van der Waals surface area contributed by atoms with E-state index in [1.165, 1.54) is 24.3 Å². The third kappa shape index (κ3) is 6.52. The highest BCUT2D eigenvalue weighted by molar-refractivity contribution is 7.89. The number of amides is 2. The Labute approximate surface area is 178 Å². The Morgan fingerprint density at radius 1 is 1.03 bits per heavy atom. The fourth-order valence-corrected chi connectivity index (χ4v) is 4.81. The zero-order valence-corrected chi connectivity index (χ0v) is 18.1. The van der Waals surface area contributed by atoms with Crippen molar-refractivity contribution in [1.82, 2.24) is 14.9 Å². The molecule has 2 amide bonds. The van der Waals surface area contributed by atoms with Gasteiger partial charge in [-0.1, -0.05) is 12.8 Å². The Balaban J connectivity index is 1.45. The van der Waals surface area contributed by atoms with Crippen molar-refractivity contribution in [2.75, 3.05) is 32.8 Å². The molecule has 9 heteroatoms. The second-order valence-corrected chi connectivity index (χ2v) is 9.58. The molecule has 0 spiro atoms. The van der Waals surface area contributed by atoms with E-state index in [1.54, 1.807) is 0 Å². The lowest BCUT2D eigenvalue weighted by Crippen LogP contribution is -2.35. The Morgan fingerprint density at radius 3 is 2.37 bits per heavy atom. The van der Waals surface area contributed by atoms with Gasteiger partial charge in [-0.25, -0.2) is 13.1 Å². The molecule has 166 valence electrons. The van der Waals surface area contributed by atoms with Crippen LogP contribution in [0.1, 0.15) is 55.3 Å². The van der Waals surface area contributed by atoms with E-state index in [2.05, 4.69) is 10.0 Å². The number of nitrogens with one attached hydrogen (secondary N) is 2. The fourth-order valence-electron chi connectivity index (χ4n) is 3.74. The molecule has 2 N–H and O–H groups in total. The molecule has 1 atom stereocenters. The van der Waals surface area contributed by atoms with Crippen molar-refractivity contribution in [3.05, 3.63) is 29.8 Å². The van der Waals surface area contributed by atoms with Gasteiger partial charge in [0, 0.05) is 44.8 Å². The van der Waals surface area contributed by atoms with Crippen molar-refractivity contribution in [3.63, 3.8) is 0 Å². The summed E-state index contributed by atoms with van der Waals surface area (Å²) in [4.78, 5) is 26.6. The summed E-state index contributed by atoms with van der Waals surface area (Å²) in [5.74, 6) is -0.258. The number of hydrogen-bond donors (Lipinski definition) is 2. The zero-order chi connectivity index (χ0) is 21.4. The minimum atomic E-state index is -3.65. The number of carbonyl (C=O) groups is 2. The van der Waals surface area contributed by atoms with Gasteiger partial charge in [-0.05, 0) is 49.9 Å². The molecular formula is C21H31N3O5S. The average Bonchev–Trinajstić information content (AvgIpc) is 3.12. The molecule has 2 saturated heterocycles. The molecule has 0 aliphatic carbocycles. The molecule has 1 aromatic carbocycles. The van der Waals surface area contributed by atoms with Crippen LogP contribution in [0.4, 0.5) is 0 Å². The highest BCUT2D eigenvalue weighted by Gasteiger charge is 2.21. The van der Waals surface area contributed by atoms with E-state index in [4.69, 9.17) is 4.74 Å². The van der Waals surface area contributed by atoms with Crippen LogP contribution >= 0.6 is 0 Å². The van der Waals surface area contributed by atoms with Crippen LogP contribution in [-0.2, 0) is 19.6 Å². The first-order valence-electron chi connectivity index (χ1n) is 10.7. The smallest absolute Gasteiger partial charge is 0.251 e. The first-order valence-corrected chi connectivity index (χ1v) is 12.2. The third-order valence-electron chi connectivity index (χ3n) is 5.54. The van der Waals surface area contributed by atoms with E-state index in [-0.39, 0.29) is 42.3 Å². The van der Waals surface area contributed by atoms with E-state index in [1.807, 2.05) is 4.90 Å². The van der Waals surface area contributed by atoms with Gasteiger partial charge in [-0.2, -0.15) is 0 Å². The molecular weight excluding hydrogens is 406 g/mol. The third-order valence-corrected chi connectivity index (χ3v) is 6.97. The lowest BCUT2D eigenvalue weighted by atomic mass is 10.2. The van der Waals surface area contributed by atoms with Gasteiger partial charge in [-0.3, -0.25) is 9.59 Å². The Kier molecular flexibility index (Phi) is 8.24. The number of carbonyl (C=O) groups excluding carboxylic acids is 2. The molecule has 2 fully saturated rings. The molecule has 1 aromatic rings. The second-order valence-electron chi connectivity index (χ2n) is 7.81. The summed E-state index contributed by atoms with van der Waals surface area (Å²) in [6, 6.07) is 5.78. The predicted octanol–water partition coefficient (Wildman–Crippen LogP) is 1.67. The number of nitrogens with zero attached hydrogens (tertiary/aromatic N) is 1.